The summed E-state index contributed by atoms with van der Waals surface area (Å²) < 4.78 is 0. The normalized spacial score (nSPS) is 9.42. The first-order valence-electron chi connectivity index (χ1n) is 3.66. The highest BCUT2D eigenvalue weighted by molar-refractivity contribution is 7.15. The lowest BCUT2D eigenvalue weighted by molar-refractivity contribution is 1.02. The number of aryl methyl sites for hydroxylation is 1. The molecule has 1 heterocycles. The molecule has 0 radical (unpaired) electrons. The Hall–Kier alpha value is -1.05. The van der Waals surface area contributed by atoms with Gasteiger partial charge in [-0.05, 0) is 12.8 Å². The molecule has 4 heteroatoms. The standard InChI is InChI=1S/C8H11N3S/c1-3-7-6(2)12-8(11-7)10-5-4-9/h1H,4-5,9H2,2H3,(H,10,11). The molecule has 0 atom stereocenters. The summed E-state index contributed by atoms with van der Waals surface area (Å²) in [5.41, 5.74) is 6.05. The van der Waals surface area contributed by atoms with Crippen LogP contribution in [0.15, 0.2) is 0 Å². The molecule has 0 unspecified atom stereocenters. The third kappa shape index (κ3) is 1.97. The van der Waals surface area contributed by atoms with Crippen LogP contribution in [-0.2, 0) is 0 Å². The van der Waals surface area contributed by atoms with Gasteiger partial charge >= 0.3 is 0 Å². The molecule has 64 valence electrons. The van der Waals surface area contributed by atoms with Crippen molar-refractivity contribution in [1.82, 2.24) is 4.98 Å². The van der Waals surface area contributed by atoms with Crippen LogP contribution in [0.3, 0.4) is 0 Å². The predicted octanol–water partition coefficient (Wildman–Crippen LogP) is 0.803. The van der Waals surface area contributed by atoms with Gasteiger partial charge in [0.05, 0.1) is 0 Å². The van der Waals surface area contributed by atoms with E-state index in [9.17, 15) is 0 Å². The SMILES string of the molecule is C#Cc1nc(NCCN)sc1C. The van der Waals surface area contributed by atoms with Gasteiger partial charge in [0, 0.05) is 18.0 Å². The lowest BCUT2D eigenvalue weighted by Crippen LogP contribution is -2.12. The van der Waals surface area contributed by atoms with Crippen molar-refractivity contribution in [3.63, 3.8) is 0 Å². The number of hydrogen-bond donors (Lipinski definition) is 2. The Morgan fingerprint density at radius 3 is 3.00 bits per heavy atom. The molecule has 0 aromatic carbocycles. The maximum atomic E-state index is 5.33. The summed E-state index contributed by atoms with van der Waals surface area (Å²) >= 11 is 1.56. The fourth-order valence-electron chi connectivity index (χ4n) is 0.785. The van der Waals surface area contributed by atoms with Gasteiger partial charge in [-0.25, -0.2) is 4.98 Å². The summed E-state index contributed by atoms with van der Waals surface area (Å²) in [6, 6.07) is 0. The van der Waals surface area contributed by atoms with Crippen molar-refractivity contribution in [2.75, 3.05) is 18.4 Å². The van der Waals surface area contributed by atoms with Gasteiger partial charge in [-0.15, -0.1) is 17.8 Å². The number of nitrogens with one attached hydrogen (secondary N) is 1. The molecule has 0 amide bonds. The van der Waals surface area contributed by atoms with Crippen molar-refractivity contribution >= 4 is 16.5 Å². The van der Waals surface area contributed by atoms with Gasteiger partial charge in [-0.1, -0.05) is 0 Å². The first-order chi connectivity index (χ1) is 5.77. The number of hydrogen-bond acceptors (Lipinski definition) is 4. The molecule has 0 saturated carbocycles. The average Bonchev–Trinajstić information content (AvgIpc) is 2.43. The van der Waals surface area contributed by atoms with E-state index in [0.717, 1.165) is 22.2 Å². The smallest absolute Gasteiger partial charge is 0.184 e. The molecule has 1 rings (SSSR count). The fourth-order valence-corrected chi connectivity index (χ4v) is 1.59. The molecule has 0 spiro atoms. The van der Waals surface area contributed by atoms with Gasteiger partial charge in [0.15, 0.2) is 5.13 Å². The van der Waals surface area contributed by atoms with Crippen LogP contribution in [-0.4, -0.2) is 18.1 Å². The molecule has 0 aliphatic carbocycles. The van der Waals surface area contributed by atoms with E-state index in [1.54, 1.807) is 11.3 Å². The van der Waals surface area contributed by atoms with E-state index in [1.807, 2.05) is 6.92 Å². The fraction of sp³-hybridized carbons (Fsp3) is 0.375. The van der Waals surface area contributed by atoms with Gasteiger partial charge in [-0.3, -0.25) is 0 Å². The van der Waals surface area contributed by atoms with Gasteiger partial charge < -0.3 is 11.1 Å². The van der Waals surface area contributed by atoms with Crippen molar-refractivity contribution in [3.8, 4) is 12.3 Å². The zero-order chi connectivity index (χ0) is 8.97. The Kier molecular flexibility index (Phi) is 3.09. The third-order valence-electron chi connectivity index (χ3n) is 1.35. The van der Waals surface area contributed by atoms with Crippen LogP contribution in [0, 0.1) is 19.3 Å². The minimum Gasteiger partial charge on any atom is -0.360 e. The Labute approximate surface area is 76.0 Å². The number of nitrogens with zero attached hydrogens (tertiary/aromatic N) is 1. The first-order valence-corrected chi connectivity index (χ1v) is 4.47. The highest BCUT2D eigenvalue weighted by Gasteiger charge is 2.03. The molecular formula is C8H11N3S. The molecule has 0 saturated heterocycles. The van der Waals surface area contributed by atoms with Crippen molar-refractivity contribution in [2.45, 2.75) is 6.92 Å². The number of aromatic nitrogens is 1. The predicted molar refractivity (Wildman–Crippen MR) is 52.3 cm³/mol. The Balaban J connectivity index is 2.70. The average molecular weight is 181 g/mol. The molecule has 1 aromatic heterocycles. The van der Waals surface area contributed by atoms with E-state index >= 15 is 0 Å². The Morgan fingerprint density at radius 1 is 1.75 bits per heavy atom. The first kappa shape index (κ1) is 9.04. The zero-order valence-corrected chi connectivity index (χ0v) is 7.74. The molecule has 12 heavy (non-hydrogen) atoms. The van der Waals surface area contributed by atoms with E-state index < -0.39 is 0 Å². The molecule has 0 aliphatic rings. The molecule has 0 bridgehead atoms. The number of rotatable bonds is 3. The van der Waals surface area contributed by atoms with Gasteiger partial charge in [0.25, 0.3) is 0 Å². The van der Waals surface area contributed by atoms with Gasteiger partial charge in [0.1, 0.15) is 5.69 Å². The van der Waals surface area contributed by atoms with Crippen molar-refractivity contribution in [2.24, 2.45) is 5.73 Å². The zero-order valence-electron chi connectivity index (χ0n) is 6.92. The summed E-state index contributed by atoms with van der Waals surface area (Å²) in [7, 11) is 0. The maximum Gasteiger partial charge on any atom is 0.184 e. The molecule has 3 N–H and O–H groups in total. The minimum atomic E-state index is 0.601. The maximum absolute atomic E-state index is 5.33. The van der Waals surface area contributed by atoms with Crippen LogP contribution in [0.5, 0.6) is 0 Å². The summed E-state index contributed by atoms with van der Waals surface area (Å²) in [6.45, 7) is 3.29. The summed E-state index contributed by atoms with van der Waals surface area (Å²) in [4.78, 5) is 5.25. The van der Waals surface area contributed by atoms with Crippen molar-refractivity contribution in [3.05, 3.63) is 10.6 Å². The second-order valence-electron chi connectivity index (χ2n) is 2.28. The second-order valence-corrected chi connectivity index (χ2v) is 3.49. The number of anilines is 1. The monoisotopic (exact) mass is 181 g/mol. The lowest BCUT2D eigenvalue weighted by atomic mass is 10.4. The van der Waals surface area contributed by atoms with Crippen LogP contribution < -0.4 is 11.1 Å². The van der Waals surface area contributed by atoms with Crippen LogP contribution in [0.4, 0.5) is 5.13 Å². The number of thiazole rings is 1. The molecule has 0 aliphatic heterocycles. The topological polar surface area (TPSA) is 50.9 Å². The largest absolute Gasteiger partial charge is 0.360 e. The lowest BCUT2D eigenvalue weighted by Gasteiger charge is -1.96. The molecule has 1 aromatic rings. The van der Waals surface area contributed by atoms with Gasteiger partial charge in [-0.2, -0.15) is 0 Å². The van der Waals surface area contributed by atoms with Crippen LogP contribution >= 0.6 is 11.3 Å². The Morgan fingerprint density at radius 2 is 2.50 bits per heavy atom. The number of nitrogens with two attached hydrogens (primary N) is 1. The third-order valence-corrected chi connectivity index (χ3v) is 2.28. The van der Waals surface area contributed by atoms with E-state index in [0.29, 0.717) is 6.54 Å². The quantitative estimate of drug-likeness (QED) is 0.678. The van der Waals surface area contributed by atoms with Crippen molar-refractivity contribution < 1.29 is 0 Å². The van der Waals surface area contributed by atoms with Crippen molar-refractivity contribution in [1.29, 1.82) is 0 Å². The highest BCUT2D eigenvalue weighted by atomic mass is 32.1. The second kappa shape index (κ2) is 4.10. The Bertz CT molecular complexity index is 298. The summed E-state index contributed by atoms with van der Waals surface area (Å²) in [5, 5.41) is 3.93. The summed E-state index contributed by atoms with van der Waals surface area (Å²) in [6.07, 6.45) is 5.23. The van der Waals surface area contributed by atoms with Crippen LogP contribution in [0.25, 0.3) is 0 Å². The summed E-state index contributed by atoms with van der Waals surface area (Å²) in [5.74, 6) is 2.52. The highest BCUT2D eigenvalue weighted by Crippen LogP contribution is 2.20. The minimum absolute atomic E-state index is 0.601. The number of terminal acetylenes is 1. The van der Waals surface area contributed by atoms with E-state index in [-0.39, 0.29) is 0 Å². The van der Waals surface area contributed by atoms with E-state index in [4.69, 9.17) is 12.2 Å². The molecule has 0 fully saturated rings. The molecule has 3 nitrogen and oxygen atoms in total. The van der Waals surface area contributed by atoms with Crippen LogP contribution in [0.1, 0.15) is 10.6 Å². The van der Waals surface area contributed by atoms with E-state index in [1.165, 1.54) is 0 Å². The van der Waals surface area contributed by atoms with Crippen LogP contribution in [0.2, 0.25) is 0 Å². The van der Waals surface area contributed by atoms with Gasteiger partial charge in [0.2, 0.25) is 0 Å². The van der Waals surface area contributed by atoms with E-state index in [2.05, 4.69) is 16.2 Å². The molecular weight excluding hydrogens is 170 g/mol.